The molecule has 0 aliphatic rings. The fourth-order valence-corrected chi connectivity index (χ4v) is 1.24. The smallest absolute Gasteiger partial charge is 0.0566 e. The summed E-state index contributed by atoms with van der Waals surface area (Å²) in [5.41, 5.74) is 5.76. The van der Waals surface area contributed by atoms with Gasteiger partial charge in [0.2, 0.25) is 0 Å². The first kappa shape index (κ1) is 12.4. The van der Waals surface area contributed by atoms with Crippen molar-refractivity contribution in [3.8, 4) is 0 Å². The van der Waals surface area contributed by atoms with Crippen molar-refractivity contribution >= 4 is 0 Å². The maximum Gasteiger partial charge on any atom is 0.0566 e. The van der Waals surface area contributed by atoms with Crippen molar-refractivity contribution in [1.82, 2.24) is 5.43 Å². The average Bonchev–Trinajstić information content (AvgIpc) is 2.09. The normalized spacial score (nSPS) is 11.9. The third-order valence-corrected chi connectivity index (χ3v) is 2.14. The number of benzene rings is 1. The fraction of sp³-hybridized carbons (Fsp3) is 0.400. The van der Waals surface area contributed by atoms with Crippen LogP contribution in [0.15, 0.2) is 24.3 Å². The van der Waals surface area contributed by atoms with Crippen molar-refractivity contribution in [1.29, 1.82) is 0 Å². The first-order valence-electron chi connectivity index (χ1n) is 4.31. The quantitative estimate of drug-likeness (QED) is 0.529. The monoisotopic (exact) mass is 200 g/mol. The number of halogens is 1. The first-order valence-corrected chi connectivity index (χ1v) is 4.31. The molecule has 0 bridgehead atoms. The van der Waals surface area contributed by atoms with Crippen molar-refractivity contribution in [3.05, 3.63) is 35.4 Å². The summed E-state index contributed by atoms with van der Waals surface area (Å²) in [6, 6.07) is 8.92. The van der Waals surface area contributed by atoms with Crippen LogP contribution in [-0.2, 0) is 6.42 Å². The molecular formula is C10H17ClN2. The molecule has 1 aromatic carbocycles. The summed E-state index contributed by atoms with van der Waals surface area (Å²) in [7, 11) is 0. The van der Waals surface area contributed by atoms with Crippen LogP contribution in [0, 0.1) is 6.92 Å². The Bertz CT molecular complexity index is 250. The van der Waals surface area contributed by atoms with Gasteiger partial charge in [0.05, 0.1) is 6.04 Å². The standard InChI is InChI=1S/C10H16N2.ClH/c1-8-5-3-4-6-10(8)7-9(2)12-11;/h3-6,9,12H,7,11H2,1-2H3;1H. The van der Waals surface area contributed by atoms with Gasteiger partial charge in [-0.3, -0.25) is 5.84 Å². The molecule has 13 heavy (non-hydrogen) atoms. The molecule has 3 heteroatoms. The maximum absolute atomic E-state index is 3.66. The van der Waals surface area contributed by atoms with Gasteiger partial charge in [0.25, 0.3) is 0 Å². The van der Waals surface area contributed by atoms with E-state index in [4.69, 9.17) is 0 Å². The van der Waals surface area contributed by atoms with Crippen molar-refractivity contribution in [2.45, 2.75) is 26.3 Å². The number of aryl methyl sites for hydroxylation is 1. The van der Waals surface area contributed by atoms with Gasteiger partial charge in [-0.15, -0.1) is 0 Å². The van der Waals surface area contributed by atoms with Gasteiger partial charge < -0.3 is 12.4 Å². The molecule has 1 unspecified atom stereocenters. The van der Waals surface area contributed by atoms with Gasteiger partial charge in [0.1, 0.15) is 0 Å². The van der Waals surface area contributed by atoms with E-state index in [0.29, 0.717) is 6.04 Å². The molecule has 0 heterocycles. The van der Waals surface area contributed by atoms with E-state index in [0.717, 1.165) is 6.42 Å². The Kier molecular flexibility index (Phi) is 5.71. The zero-order chi connectivity index (χ0) is 8.97. The minimum absolute atomic E-state index is 0. The van der Waals surface area contributed by atoms with Crippen LogP contribution in [0.4, 0.5) is 0 Å². The highest BCUT2D eigenvalue weighted by Gasteiger charge is 2.03. The number of quaternary nitrogens is 1. The van der Waals surface area contributed by atoms with E-state index in [1.807, 2.05) is 0 Å². The lowest BCUT2D eigenvalue weighted by atomic mass is 10.0. The summed E-state index contributed by atoms with van der Waals surface area (Å²) in [6.07, 6.45) is 1.05. The molecule has 0 aliphatic heterocycles. The van der Waals surface area contributed by atoms with E-state index < -0.39 is 0 Å². The van der Waals surface area contributed by atoms with Crippen LogP contribution >= 0.6 is 0 Å². The molecule has 1 aromatic rings. The molecule has 0 aromatic heterocycles. The van der Waals surface area contributed by atoms with Gasteiger partial charge in [-0.25, -0.2) is 0 Å². The highest BCUT2D eigenvalue weighted by atomic mass is 35.5. The van der Waals surface area contributed by atoms with Gasteiger partial charge >= 0.3 is 0 Å². The van der Waals surface area contributed by atoms with E-state index in [1.165, 1.54) is 11.1 Å². The van der Waals surface area contributed by atoms with Crippen LogP contribution in [0.3, 0.4) is 0 Å². The topological polar surface area (TPSA) is 39.7 Å². The highest BCUT2D eigenvalue weighted by molar-refractivity contribution is 5.26. The summed E-state index contributed by atoms with van der Waals surface area (Å²) in [5.74, 6) is 3.66. The molecule has 1 rings (SSSR count). The molecule has 0 aliphatic carbocycles. The SMILES string of the molecule is Cc1ccccc1CC(C)N[NH3+].[Cl-]. The first-order chi connectivity index (χ1) is 5.74. The zero-order valence-electron chi connectivity index (χ0n) is 8.18. The molecule has 4 N–H and O–H groups in total. The average molecular weight is 201 g/mol. The highest BCUT2D eigenvalue weighted by Crippen LogP contribution is 2.08. The molecule has 1 atom stereocenters. The van der Waals surface area contributed by atoms with Crippen LogP contribution in [-0.4, -0.2) is 6.04 Å². The van der Waals surface area contributed by atoms with Crippen LogP contribution in [0.25, 0.3) is 0 Å². The van der Waals surface area contributed by atoms with Gasteiger partial charge in [-0.1, -0.05) is 24.3 Å². The number of hydrogen-bond acceptors (Lipinski definition) is 1. The van der Waals surface area contributed by atoms with Crippen molar-refractivity contribution in [3.63, 3.8) is 0 Å². The molecule has 0 fully saturated rings. The second kappa shape index (κ2) is 5.97. The van der Waals surface area contributed by atoms with Gasteiger partial charge in [-0.05, 0) is 31.4 Å². The predicted octanol–water partition coefficient (Wildman–Crippen LogP) is -2.32. The molecule has 0 saturated carbocycles. The van der Waals surface area contributed by atoms with Gasteiger partial charge in [-0.2, -0.15) is 5.43 Å². The minimum atomic E-state index is 0. The van der Waals surface area contributed by atoms with Crippen molar-refractivity contribution < 1.29 is 18.2 Å². The zero-order valence-corrected chi connectivity index (χ0v) is 8.93. The largest absolute Gasteiger partial charge is 1.00 e. The molecular weight excluding hydrogens is 184 g/mol. The summed E-state index contributed by atoms with van der Waals surface area (Å²) >= 11 is 0. The number of hydrogen-bond donors (Lipinski definition) is 2. The molecule has 0 spiro atoms. The second-order valence-electron chi connectivity index (χ2n) is 3.24. The van der Waals surface area contributed by atoms with Crippen LogP contribution in [0.1, 0.15) is 18.1 Å². The molecule has 0 saturated heterocycles. The lowest BCUT2D eigenvalue weighted by molar-refractivity contribution is -0.451. The van der Waals surface area contributed by atoms with Crippen LogP contribution in [0.5, 0.6) is 0 Å². The number of rotatable bonds is 3. The Balaban J connectivity index is 0.00000144. The lowest BCUT2D eigenvalue weighted by Crippen LogP contribution is -3.00. The van der Waals surface area contributed by atoms with E-state index >= 15 is 0 Å². The van der Waals surface area contributed by atoms with Crippen molar-refractivity contribution in [2.24, 2.45) is 0 Å². The van der Waals surface area contributed by atoms with Crippen LogP contribution < -0.4 is 23.7 Å². The summed E-state index contributed by atoms with van der Waals surface area (Å²) in [6.45, 7) is 4.28. The third-order valence-electron chi connectivity index (χ3n) is 2.14. The minimum Gasteiger partial charge on any atom is -1.00 e. The van der Waals surface area contributed by atoms with Gasteiger partial charge in [0, 0.05) is 0 Å². The Morgan fingerprint density at radius 2 is 2.00 bits per heavy atom. The summed E-state index contributed by atoms with van der Waals surface area (Å²) in [4.78, 5) is 0. The van der Waals surface area contributed by atoms with E-state index in [1.54, 1.807) is 0 Å². The second-order valence-corrected chi connectivity index (χ2v) is 3.24. The summed E-state index contributed by atoms with van der Waals surface area (Å²) in [5, 5.41) is 0. The third kappa shape index (κ3) is 3.77. The number of nitrogens with one attached hydrogen (secondary N) is 1. The Hall–Kier alpha value is -0.570. The molecule has 2 nitrogen and oxygen atoms in total. The van der Waals surface area contributed by atoms with E-state index in [9.17, 15) is 0 Å². The maximum atomic E-state index is 3.66. The van der Waals surface area contributed by atoms with Gasteiger partial charge in [0.15, 0.2) is 0 Å². The van der Waals surface area contributed by atoms with E-state index in [2.05, 4.69) is 49.4 Å². The lowest BCUT2D eigenvalue weighted by Gasteiger charge is -2.09. The van der Waals surface area contributed by atoms with Crippen molar-refractivity contribution in [2.75, 3.05) is 0 Å². The van der Waals surface area contributed by atoms with E-state index in [-0.39, 0.29) is 12.4 Å². The summed E-state index contributed by atoms with van der Waals surface area (Å²) < 4.78 is 0. The molecule has 74 valence electrons. The Morgan fingerprint density at radius 3 is 2.54 bits per heavy atom. The molecule has 0 radical (unpaired) electrons. The Labute approximate surface area is 85.9 Å². The molecule has 0 amide bonds. The fourth-order valence-electron chi connectivity index (χ4n) is 1.24. The predicted molar refractivity (Wildman–Crippen MR) is 50.4 cm³/mol. The Morgan fingerprint density at radius 1 is 1.38 bits per heavy atom. The van der Waals surface area contributed by atoms with Crippen LogP contribution in [0.2, 0.25) is 0 Å².